The van der Waals surface area contributed by atoms with Crippen LogP contribution in [0, 0.1) is 10.1 Å². The van der Waals surface area contributed by atoms with Crippen molar-refractivity contribution in [3.05, 3.63) is 91.2 Å². The summed E-state index contributed by atoms with van der Waals surface area (Å²) in [5, 5.41) is 11.4. The minimum absolute atomic E-state index is 0.0349. The van der Waals surface area contributed by atoms with E-state index in [1.807, 2.05) is 0 Å². The molecule has 0 spiro atoms. The molecule has 0 N–H and O–H groups in total. The Morgan fingerprint density at radius 3 is 2.55 bits per heavy atom. The highest BCUT2D eigenvalue weighted by atomic mass is 79.9. The standard InChI is InChI=1S/C20H10BrClN2O5/c21-16-9-13(24(26)27)5-7-15(16)18-8-6-14(28-18)10-17-20(25)29-19(23-17)11-1-3-12(22)4-2-11/h1-10H/b17-10+. The Bertz CT molecular complexity index is 1200. The van der Waals surface area contributed by atoms with Crippen LogP contribution in [0.5, 0.6) is 0 Å². The first-order valence-corrected chi connectivity index (χ1v) is 9.40. The van der Waals surface area contributed by atoms with Crippen LogP contribution in [-0.2, 0) is 9.53 Å². The lowest BCUT2D eigenvalue weighted by atomic mass is 10.1. The summed E-state index contributed by atoms with van der Waals surface area (Å²) in [4.78, 5) is 26.7. The third kappa shape index (κ3) is 3.98. The number of nitro groups is 1. The molecule has 9 heteroatoms. The lowest BCUT2D eigenvalue weighted by molar-refractivity contribution is -0.384. The van der Waals surface area contributed by atoms with Crippen molar-refractivity contribution in [2.45, 2.75) is 0 Å². The van der Waals surface area contributed by atoms with Gasteiger partial charge in [0.1, 0.15) is 11.5 Å². The molecule has 0 saturated heterocycles. The van der Waals surface area contributed by atoms with E-state index in [1.54, 1.807) is 42.5 Å². The van der Waals surface area contributed by atoms with Crippen LogP contribution < -0.4 is 0 Å². The molecule has 0 bridgehead atoms. The molecule has 2 aromatic carbocycles. The summed E-state index contributed by atoms with van der Waals surface area (Å²) in [5.41, 5.74) is 1.33. The number of esters is 1. The molecule has 0 aliphatic carbocycles. The van der Waals surface area contributed by atoms with Crippen molar-refractivity contribution in [2.24, 2.45) is 4.99 Å². The maximum Gasteiger partial charge on any atom is 0.363 e. The van der Waals surface area contributed by atoms with Crippen LogP contribution >= 0.6 is 27.5 Å². The van der Waals surface area contributed by atoms with Gasteiger partial charge in [-0.2, -0.15) is 0 Å². The summed E-state index contributed by atoms with van der Waals surface area (Å²) < 4.78 is 11.5. The highest BCUT2D eigenvalue weighted by molar-refractivity contribution is 9.10. The van der Waals surface area contributed by atoms with Crippen LogP contribution in [0.15, 0.2) is 74.2 Å². The molecule has 1 aliphatic heterocycles. The Labute approximate surface area is 177 Å². The number of carbonyl (C=O) groups is 1. The van der Waals surface area contributed by atoms with Gasteiger partial charge >= 0.3 is 5.97 Å². The average molecular weight is 474 g/mol. The van der Waals surface area contributed by atoms with Crippen molar-refractivity contribution in [3.63, 3.8) is 0 Å². The highest BCUT2D eigenvalue weighted by Gasteiger charge is 2.24. The zero-order valence-corrected chi connectivity index (χ0v) is 16.8. The number of non-ortho nitro benzene ring substituents is 1. The predicted molar refractivity (Wildman–Crippen MR) is 111 cm³/mol. The SMILES string of the molecule is O=C1OC(c2ccc(Cl)cc2)=N/C1=C/c1ccc(-c2ccc([N+](=O)[O-])cc2Br)o1. The molecule has 7 nitrogen and oxygen atoms in total. The zero-order valence-electron chi connectivity index (χ0n) is 14.5. The fraction of sp³-hybridized carbons (Fsp3) is 0. The van der Waals surface area contributed by atoms with Crippen molar-refractivity contribution in [2.75, 3.05) is 0 Å². The van der Waals surface area contributed by atoms with E-state index in [0.717, 1.165) is 0 Å². The third-order valence-electron chi connectivity index (χ3n) is 4.05. The van der Waals surface area contributed by atoms with Crippen molar-refractivity contribution < 1.29 is 18.9 Å². The number of ether oxygens (including phenoxy) is 1. The number of nitro benzene ring substituents is 1. The quantitative estimate of drug-likeness (QED) is 0.212. The summed E-state index contributed by atoms with van der Waals surface area (Å²) in [6.45, 7) is 0. The van der Waals surface area contributed by atoms with Gasteiger partial charge in [0.15, 0.2) is 5.70 Å². The van der Waals surface area contributed by atoms with E-state index in [1.165, 1.54) is 18.2 Å². The first-order chi connectivity index (χ1) is 13.9. The third-order valence-corrected chi connectivity index (χ3v) is 4.95. The number of hydrogen-bond donors (Lipinski definition) is 0. The fourth-order valence-corrected chi connectivity index (χ4v) is 3.34. The Kier molecular flexibility index (Phi) is 5.04. The fourth-order valence-electron chi connectivity index (χ4n) is 2.65. The van der Waals surface area contributed by atoms with Crippen molar-refractivity contribution in [1.29, 1.82) is 0 Å². The number of carbonyl (C=O) groups excluding carboxylic acids is 1. The van der Waals surface area contributed by atoms with E-state index in [0.29, 0.717) is 32.1 Å². The lowest BCUT2D eigenvalue weighted by Crippen LogP contribution is -2.05. The molecule has 144 valence electrons. The first-order valence-electron chi connectivity index (χ1n) is 8.23. The van der Waals surface area contributed by atoms with E-state index < -0.39 is 10.9 Å². The molecule has 0 unspecified atom stereocenters. The van der Waals surface area contributed by atoms with Gasteiger partial charge in [-0.25, -0.2) is 9.79 Å². The number of nitrogens with zero attached hydrogens (tertiary/aromatic N) is 2. The molecule has 0 atom stereocenters. The maximum atomic E-state index is 12.1. The number of halogens is 2. The molecule has 1 aromatic heterocycles. The minimum Gasteiger partial charge on any atom is -0.457 e. The topological polar surface area (TPSA) is 94.9 Å². The largest absolute Gasteiger partial charge is 0.457 e. The van der Waals surface area contributed by atoms with Gasteiger partial charge in [-0.15, -0.1) is 0 Å². The molecule has 4 rings (SSSR count). The van der Waals surface area contributed by atoms with E-state index >= 15 is 0 Å². The molecular weight excluding hydrogens is 464 g/mol. The Hall–Kier alpha value is -3.23. The van der Waals surface area contributed by atoms with Gasteiger partial charge < -0.3 is 9.15 Å². The van der Waals surface area contributed by atoms with E-state index in [4.69, 9.17) is 20.8 Å². The van der Waals surface area contributed by atoms with Gasteiger partial charge in [-0.3, -0.25) is 10.1 Å². The summed E-state index contributed by atoms with van der Waals surface area (Å²) in [6.07, 6.45) is 1.47. The first kappa shape index (κ1) is 19.1. The molecule has 1 aliphatic rings. The Morgan fingerprint density at radius 1 is 1.10 bits per heavy atom. The van der Waals surface area contributed by atoms with Crippen molar-refractivity contribution >= 4 is 51.2 Å². The number of aliphatic imine (C=N–C) groups is 1. The van der Waals surface area contributed by atoms with Crippen LogP contribution in [0.2, 0.25) is 5.02 Å². The summed E-state index contributed by atoms with van der Waals surface area (Å²) in [6, 6.07) is 14.5. The number of cyclic esters (lactones) is 1. The highest BCUT2D eigenvalue weighted by Crippen LogP contribution is 2.33. The zero-order chi connectivity index (χ0) is 20.5. The average Bonchev–Trinajstić information content (AvgIpc) is 3.29. The second kappa shape index (κ2) is 7.65. The summed E-state index contributed by atoms with van der Waals surface area (Å²) in [7, 11) is 0. The molecule has 0 radical (unpaired) electrons. The van der Waals surface area contributed by atoms with Crippen LogP contribution in [0.25, 0.3) is 17.4 Å². The molecular formula is C20H10BrClN2O5. The predicted octanol–water partition coefficient (Wildman–Crippen LogP) is 5.62. The number of benzene rings is 2. The van der Waals surface area contributed by atoms with Crippen LogP contribution in [-0.4, -0.2) is 16.8 Å². The second-order valence-corrected chi connectivity index (χ2v) is 7.26. The van der Waals surface area contributed by atoms with E-state index in [-0.39, 0.29) is 17.3 Å². The Morgan fingerprint density at radius 2 is 1.86 bits per heavy atom. The normalized spacial score (nSPS) is 14.8. The Balaban J connectivity index is 1.61. The second-order valence-electron chi connectivity index (χ2n) is 5.97. The van der Waals surface area contributed by atoms with Gasteiger partial charge in [0.05, 0.1) is 4.92 Å². The molecule has 0 fully saturated rings. The summed E-state index contributed by atoms with van der Waals surface area (Å²) in [5.74, 6) is 0.456. The smallest absolute Gasteiger partial charge is 0.363 e. The molecule has 2 heterocycles. The van der Waals surface area contributed by atoms with Crippen molar-refractivity contribution in [3.8, 4) is 11.3 Å². The van der Waals surface area contributed by atoms with Gasteiger partial charge in [0.25, 0.3) is 5.69 Å². The summed E-state index contributed by atoms with van der Waals surface area (Å²) >= 11 is 9.18. The van der Waals surface area contributed by atoms with Gasteiger partial charge in [-0.05, 0) is 58.4 Å². The molecule has 0 amide bonds. The van der Waals surface area contributed by atoms with Gasteiger partial charge in [0.2, 0.25) is 5.90 Å². The van der Waals surface area contributed by atoms with Crippen molar-refractivity contribution in [1.82, 2.24) is 0 Å². The molecule has 3 aromatic rings. The molecule has 29 heavy (non-hydrogen) atoms. The number of rotatable bonds is 4. The van der Waals surface area contributed by atoms with Crippen LogP contribution in [0.3, 0.4) is 0 Å². The number of hydrogen-bond acceptors (Lipinski definition) is 6. The lowest BCUT2D eigenvalue weighted by Gasteiger charge is -2.00. The maximum absolute atomic E-state index is 12.1. The van der Waals surface area contributed by atoms with E-state index in [9.17, 15) is 14.9 Å². The van der Waals surface area contributed by atoms with Gasteiger partial charge in [-0.1, -0.05) is 11.6 Å². The monoisotopic (exact) mass is 472 g/mol. The molecule has 0 saturated carbocycles. The van der Waals surface area contributed by atoms with Crippen LogP contribution in [0.4, 0.5) is 5.69 Å². The number of furan rings is 1. The van der Waals surface area contributed by atoms with Gasteiger partial charge in [0, 0.05) is 38.8 Å². The van der Waals surface area contributed by atoms with E-state index in [2.05, 4.69) is 20.9 Å². The van der Waals surface area contributed by atoms with Crippen LogP contribution in [0.1, 0.15) is 11.3 Å². The minimum atomic E-state index is -0.593.